The molecule has 44 heavy (non-hydrogen) atoms. The Hall–Kier alpha value is -2.70. The molecule has 0 spiro atoms. The van der Waals surface area contributed by atoms with Crippen molar-refractivity contribution in [1.82, 2.24) is 9.80 Å². The summed E-state index contributed by atoms with van der Waals surface area (Å²) in [5, 5.41) is 10.6. The van der Waals surface area contributed by atoms with Gasteiger partial charge in [0.25, 0.3) is 0 Å². The van der Waals surface area contributed by atoms with Crippen LogP contribution in [-0.4, -0.2) is 96.7 Å². The van der Waals surface area contributed by atoms with E-state index < -0.39 is 62.6 Å². The van der Waals surface area contributed by atoms with Gasteiger partial charge < -0.3 is 19.5 Å². The first-order valence-corrected chi connectivity index (χ1v) is 16.8. The van der Waals surface area contributed by atoms with Crippen molar-refractivity contribution in [2.75, 3.05) is 39.0 Å². The fourth-order valence-electron chi connectivity index (χ4n) is 5.81. The Morgan fingerprint density at radius 2 is 1.82 bits per heavy atom. The Kier molecular flexibility index (Phi) is 10.4. The Morgan fingerprint density at radius 1 is 1.14 bits per heavy atom. The highest BCUT2D eigenvalue weighted by atomic mass is 35.5. The van der Waals surface area contributed by atoms with Crippen LogP contribution < -0.4 is 0 Å². The van der Waals surface area contributed by atoms with Crippen molar-refractivity contribution in [3.8, 4) is 0 Å². The number of carbonyl (C=O) groups excluding carboxylic acids is 2. The molecular weight excluding hydrogens is 629 g/mol. The van der Waals surface area contributed by atoms with Gasteiger partial charge in [-0.1, -0.05) is 65.7 Å². The van der Waals surface area contributed by atoms with Crippen LogP contribution in [0.2, 0.25) is 10.0 Å². The number of carbonyl (C=O) groups is 2. The number of likely N-dealkylation sites (N-methyl/N-ethyl adjacent to an activating group) is 1. The Morgan fingerprint density at radius 3 is 2.48 bits per heavy atom. The molecule has 1 fully saturated rings. The number of esters is 1. The van der Waals surface area contributed by atoms with Crippen LogP contribution in [0.3, 0.4) is 0 Å². The molecule has 240 valence electrons. The molecule has 0 radical (unpaired) electrons. The molecule has 2 aliphatic heterocycles. The van der Waals surface area contributed by atoms with Gasteiger partial charge >= 0.3 is 12.1 Å². The van der Waals surface area contributed by atoms with E-state index in [1.54, 1.807) is 39.0 Å². The van der Waals surface area contributed by atoms with Gasteiger partial charge in [-0.05, 0) is 51.9 Å². The van der Waals surface area contributed by atoms with E-state index in [4.69, 9.17) is 32.7 Å². The van der Waals surface area contributed by atoms with E-state index in [1.165, 1.54) is 6.92 Å². The van der Waals surface area contributed by atoms with Crippen LogP contribution in [0.5, 0.6) is 0 Å². The van der Waals surface area contributed by atoms with E-state index in [0.29, 0.717) is 13.1 Å². The third kappa shape index (κ3) is 7.74. The fourth-order valence-corrected chi connectivity index (χ4v) is 8.42. The summed E-state index contributed by atoms with van der Waals surface area (Å²) in [6.07, 6.45) is -0.784. The molecule has 2 aromatic carbocycles. The highest BCUT2D eigenvalue weighted by Crippen LogP contribution is 2.48. The van der Waals surface area contributed by atoms with E-state index in [2.05, 4.69) is 4.99 Å². The second-order valence-electron chi connectivity index (χ2n) is 12.4. The number of nitrogens with zero attached hydrogens (tertiary/aromatic N) is 3. The van der Waals surface area contributed by atoms with E-state index in [9.17, 15) is 23.1 Å². The maximum atomic E-state index is 14.0. The van der Waals surface area contributed by atoms with Crippen molar-refractivity contribution in [2.24, 2.45) is 10.9 Å². The normalized spacial score (nSPS) is 25.1. The zero-order valence-corrected chi connectivity index (χ0v) is 27.8. The predicted molar refractivity (Wildman–Crippen MR) is 170 cm³/mol. The van der Waals surface area contributed by atoms with E-state index in [1.807, 2.05) is 42.3 Å². The lowest BCUT2D eigenvalue weighted by Gasteiger charge is -2.44. The van der Waals surface area contributed by atoms with Gasteiger partial charge in [0.1, 0.15) is 23.4 Å². The van der Waals surface area contributed by atoms with Gasteiger partial charge in [-0.2, -0.15) is 0 Å². The molecule has 0 saturated carbocycles. The molecule has 2 heterocycles. The number of aliphatic hydroxyl groups is 1. The van der Waals surface area contributed by atoms with Crippen LogP contribution in [0.25, 0.3) is 0 Å². The average molecular weight is 669 g/mol. The summed E-state index contributed by atoms with van der Waals surface area (Å²) in [5.41, 5.74) is -1.65. The molecule has 4 rings (SSSR count). The molecule has 13 heteroatoms. The lowest BCUT2D eigenvalue weighted by molar-refractivity contribution is -0.148. The van der Waals surface area contributed by atoms with E-state index >= 15 is 0 Å². The number of β-amino-alcohol motifs (C(OH)–C–C–N with tert-alkyl or cyclic N) is 1. The minimum Gasteiger partial charge on any atom is -0.464 e. The average Bonchev–Trinajstić information content (AvgIpc) is 3.01. The van der Waals surface area contributed by atoms with Crippen LogP contribution >= 0.6 is 23.2 Å². The third-order valence-electron chi connectivity index (χ3n) is 7.68. The first-order valence-electron chi connectivity index (χ1n) is 14.3. The number of benzene rings is 2. The first-order chi connectivity index (χ1) is 20.5. The van der Waals surface area contributed by atoms with Crippen LogP contribution in [-0.2, 0) is 30.7 Å². The van der Waals surface area contributed by atoms with Gasteiger partial charge in [0, 0.05) is 31.3 Å². The summed E-state index contributed by atoms with van der Waals surface area (Å²) in [6, 6.07) is 14.6. The summed E-state index contributed by atoms with van der Waals surface area (Å²) < 4.78 is 39.2. The number of amides is 1. The van der Waals surface area contributed by atoms with Crippen LogP contribution in [0.15, 0.2) is 53.5 Å². The van der Waals surface area contributed by atoms with Crippen molar-refractivity contribution in [3.63, 3.8) is 0 Å². The minimum absolute atomic E-state index is 0.0377. The summed E-state index contributed by atoms with van der Waals surface area (Å²) in [7, 11) is -2.30. The summed E-state index contributed by atoms with van der Waals surface area (Å²) in [4.78, 5) is 34.3. The summed E-state index contributed by atoms with van der Waals surface area (Å²) >= 11 is 13.0. The number of aliphatic imine (C=N–C) groups is 1. The SMILES string of the molecule is CC1=NC2(O)CN(C(=O)OC(C)(C)C)CCS(=O)(=O)C2C(c2cccc(Cl)c2Cl)C1C(=O)OCCN(C)Cc1ccccc1. The number of halogens is 2. The molecule has 1 amide bonds. The quantitative estimate of drug-likeness (QED) is 0.426. The van der Waals surface area contributed by atoms with Crippen LogP contribution in [0.1, 0.15) is 44.7 Å². The molecule has 10 nitrogen and oxygen atoms in total. The lowest BCUT2D eigenvalue weighted by atomic mass is 9.75. The number of rotatable bonds is 7. The van der Waals surface area contributed by atoms with Gasteiger partial charge in [0.05, 0.1) is 22.3 Å². The fraction of sp³-hybridized carbons (Fsp3) is 0.516. The number of sulfone groups is 1. The van der Waals surface area contributed by atoms with Crippen molar-refractivity contribution >= 4 is 50.8 Å². The first kappa shape index (κ1) is 34.2. The largest absolute Gasteiger partial charge is 0.464 e. The summed E-state index contributed by atoms with van der Waals surface area (Å²) in [5.74, 6) is -3.60. The smallest absolute Gasteiger partial charge is 0.410 e. The minimum atomic E-state index is -4.20. The molecule has 0 aliphatic carbocycles. The standard InChI is InChI=1S/C31H39Cl2N3O7S/c1-20-24(28(37)42-16-14-35(5)18-21-10-7-6-8-11-21)25(22-12-9-13-23(32)26(22)33)27-31(39,34-20)19-36(15-17-44(27,40)41)29(38)43-30(2,3)4/h6-13,24-25,27,39H,14-19H2,1-5H3. The van der Waals surface area contributed by atoms with Crippen molar-refractivity contribution in [2.45, 2.75) is 56.7 Å². The molecule has 2 aliphatic rings. The van der Waals surface area contributed by atoms with Crippen molar-refractivity contribution < 1.29 is 32.6 Å². The van der Waals surface area contributed by atoms with Crippen LogP contribution in [0, 0.1) is 5.92 Å². The maximum Gasteiger partial charge on any atom is 0.410 e. The highest BCUT2D eigenvalue weighted by molar-refractivity contribution is 7.92. The molecule has 4 atom stereocenters. The number of hydrogen-bond donors (Lipinski definition) is 1. The zero-order chi connectivity index (χ0) is 32.4. The van der Waals surface area contributed by atoms with E-state index in [0.717, 1.165) is 10.5 Å². The van der Waals surface area contributed by atoms with Crippen molar-refractivity contribution in [3.05, 3.63) is 69.7 Å². The maximum absolute atomic E-state index is 14.0. The number of ether oxygens (including phenoxy) is 2. The molecule has 1 saturated heterocycles. The Bertz CT molecular complexity index is 1510. The van der Waals surface area contributed by atoms with E-state index in [-0.39, 0.29) is 34.5 Å². The lowest BCUT2D eigenvalue weighted by Crippen LogP contribution is -2.60. The number of fused-ring (bicyclic) bond motifs is 1. The van der Waals surface area contributed by atoms with Gasteiger partial charge in [-0.15, -0.1) is 0 Å². The topological polar surface area (TPSA) is 126 Å². The van der Waals surface area contributed by atoms with Crippen LogP contribution in [0.4, 0.5) is 4.79 Å². The Labute approximate surface area is 268 Å². The predicted octanol–water partition coefficient (Wildman–Crippen LogP) is 4.57. The van der Waals surface area contributed by atoms with Gasteiger partial charge in [0.2, 0.25) is 0 Å². The second kappa shape index (κ2) is 13.3. The molecule has 0 bridgehead atoms. The molecular formula is C31H39Cl2N3O7S. The third-order valence-corrected chi connectivity index (χ3v) is 10.7. The highest BCUT2D eigenvalue weighted by Gasteiger charge is 2.60. The zero-order valence-electron chi connectivity index (χ0n) is 25.5. The second-order valence-corrected chi connectivity index (χ2v) is 15.4. The monoisotopic (exact) mass is 667 g/mol. The molecule has 4 unspecified atom stereocenters. The molecule has 1 N–H and O–H groups in total. The van der Waals surface area contributed by atoms with Gasteiger partial charge in [-0.25, -0.2) is 13.2 Å². The molecule has 0 aromatic heterocycles. The number of hydrogen-bond acceptors (Lipinski definition) is 9. The van der Waals surface area contributed by atoms with Gasteiger partial charge in [-0.3, -0.25) is 14.7 Å². The van der Waals surface area contributed by atoms with Gasteiger partial charge in [0.15, 0.2) is 15.6 Å². The summed E-state index contributed by atoms with van der Waals surface area (Å²) in [6.45, 7) is 6.99. The Balaban J connectivity index is 1.69. The molecule has 2 aromatic rings. The van der Waals surface area contributed by atoms with Crippen molar-refractivity contribution in [1.29, 1.82) is 0 Å².